The number of nitriles is 2. The van der Waals surface area contributed by atoms with Crippen LogP contribution in [0.1, 0.15) is 18.4 Å². The second kappa shape index (κ2) is 7.09. The number of aromatic nitrogens is 1. The molecule has 1 aromatic heterocycles. The van der Waals surface area contributed by atoms with E-state index in [1.54, 1.807) is 6.07 Å². The maximum Gasteiger partial charge on any atom is 0.144 e. The van der Waals surface area contributed by atoms with Crippen LogP contribution in [0.5, 0.6) is 0 Å². The van der Waals surface area contributed by atoms with Gasteiger partial charge < -0.3 is 5.32 Å². The van der Waals surface area contributed by atoms with Crippen LogP contribution in [-0.2, 0) is 0 Å². The van der Waals surface area contributed by atoms with Crippen LogP contribution < -0.4 is 5.32 Å². The predicted molar refractivity (Wildman–Crippen MR) is 77.2 cm³/mol. The van der Waals surface area contributed by atoms with Crippen molar-refractivity contribution in [3.8, 4) is 12.1 Å². The minimum atomic E-state index is 0.463. The molecule has 0 unspecified atom stereocenters. The van der Waals surface area contributed by atoms with Gasteiger partial charge in [-0.05, 0) is 37.9 Å². The molecule has 1 aliphatic rings. The molecule has 0 aromatic carbocycles. The van der Waals surface area contributed by atoms with Crippen molar-refractivity contribution in [3.05, 3.63) is 22.8 Å². The molecule has 2 heterocycles. The molecule has 104 valence electrons. The molecule has 1 fully saturated rings. The average molecular weight is 290 g/mol. The van der Waals surface area contributed by atoms with E-state index in [2.05, 4.69) is 21.3 Å². The van der Waals surface area contributed by atoms with Crippen molar-refractivity contribution in [1.29, 1.82) is 10.5 Å². The van der Waals surface area contributed by atoms with Gasteiger partial charge in [0.1, 0.15) is 11.9 Å². The lowest BCUT2D eigenvalue weighted by Crippen LogP contribution is -2.36. The van der Waals surface area contributed by atoms with Crippen LogP contribution in [0.3, 0.4) is 0 Å². The topological polar surface area (TPSA) is 75.7 Å². The largest absolute Gasteiger partial charge is 0.369 e. The van der Waals surface area contributed by atoms with Gasteiger partial charge in [0.05, 0.1) is 23.2 Å². The van der Waals surface area contributed by atoms with E-state index in [0.29, 0.717) is 28.9 Å². The lowest BCUT2D eigenvalue weighted by molar-refractivity contribution is 0.208. The highest BCUT2D eigenvalue weighted by Gasteiger charge is 2.19. The molecule has 1 aromatic rings. The second-order valence-electron chi connectivity index (χ2n) is 4.92. The molecule has 0 amide bonds. The van der Waals surface area contributed by atoms with Crippen molar-refractivity contribution >= 4 is 17.4 Å². The molecule has 0 spiro atoms. The first-order chi connectivity index (χ1) is 9.72. The van der Waals surface area contributed by atoms with Crippen molar-refractivity contribution in [2.24, 2.45) is 5.92 Å². The number of halogens is 1. The Hall–Kier alpha value is -1.82. The first-order valence-electron chi connectivity index (χ1n) is 6.61. The van der Waals surface area contributed by atoms with Crippen molar-refractivity contribution in [1.82, 2.24) is 9.88 Å². The predicted octanol–water partition coefficient (Wildman–Crippen LogP) is 2.25. The summed E-state index contributed by atoms with van der Waals surface area (Å²) < 4.78 is 0. The number of likely N-dealkylation sites (tertiary alicyclic amines) is 1. The zero-order valence-electron chi connectivity index (χ0n) is 11.1. The zero-order valence-corrected chi connectivity index (χ0v) is 11.9. The molecule has 1 saturated heterocycles. The molecular formula is C14H16ClN5. The molecule has 5 nitrogen and oxygen atoms in total. The SMILES string of the molecule is N#CCN1CCC(CNc2ncc(C#N)cc2Cl)CC1. The Kier molecular flexibility index (Phi) is 5.17. The van der Waals surface area contributed by atoms with Gasteiger partial charge in [-0.2, -0.15) is 10.5 Å². The summed E-state index contributed by atoms with van der Waals surface area (Å²) in [5.41, 5.74) is 0.463. The van der Waals surface area contributed by atoms with Gasteiger partial charge in [0.15, 0.2) is 0 Å². The third kappa shape index (κ3) is 3.84. The Morgan fingerprint density at radius 3 is 2.75 bits per heavy atom. The highest BCUT2D eigenvalue weighted by atomic mass is 35.5. The van der Waals surface area contributed by atoms with Crippen LogP contribution in [-0.4, -0.2) is 36.1 Å². The van der Waals surface area contributed by atoms with E-state index in [0.717, 1.165) is 32.5 Å². The van der Waals surface area contributed by atoms with Gasteiger partial charge in [0.2, 0.25) is 0 Å². The molecule has 0 aliphatic carbocycles. The lowest BCUT2D eigenvalue weighted by atomic mass is 9.97. The summed E-state index contributed by atoms with van der Waals surface area (Å²) in [7, 11) is 0. The number of hydrogen-bond acceptors (Lipinski definition) is 5. The van der Waals surface area contributed by atoms with Crippen molar-refractivity contribution in [2.75, 3.05) is 31.5 Å². The standard InChI is InChI=1S/C14H16ClN5/c15-13-7-12(8-17)10-19-14(13)18-9-11-1-4-20(5-2-11)6-3-16/h7,10-11H,1-2,4-6,9H2,(H,18,19). The minimum absolute atomic E-state index is 0.463. The van der Waals surface area contributed by atoms with E-state index in [4.69, 9.17) is 22.1 Å². The fourth-order valence-corrected chi connectivity index (χ4v) is 2.55. The average Bonchev–Trinajstić information content (AvgIpc) is 2.48. The Labute approximate surface area is 123 Å². The summed E-state index contributed by atoms with van der Waals surface area (Å²) in [6.45, 7) is 3.27. The number of pyridine rings is 1. The zero-order chi connectivity index (χ0) is 14.4. The smallest absolute Gasteiger partial charge is 0.144 e. The Morgan fingerprint density at radius 2 is 2.15 bits per heavy atom. The molecule has 0 radical (unpaired) electrons. The van der Waals surface area contributed by atoms with E-state index in [1.807, 2.05) is 6.07 Å². The van der Waals surface area contributed by atoms with Gasteiger partial charge in [0, 0.05) is 12.7 Å². The highest BCUT2D eigenvalue weighted by Crippen LogP contribution is 2.22. The first kappa shape index (κ1) is 14.6. The molecule has 0 bridgehead atoms. The maximum absolute atomic E-state index is 8.76. The summed E-state index contributed by atoms with van der Waals surface area (Å²) in [6.07, 6.45) is 3.66. The Bertz CT molecular complexity index is 537. The summed E-state index contributed by atoms with van der Waals surface area (Å²) in [4.78, 5) is 6.33. The number of hydrogen-bond donors (Lipinski definition) is 1. The van der Waals surface area contributed by atoms with Crippen LogP contribution in [0.15, 0.2) is 12.3 Å². The van der Waals surface area contributed by atoms with Crippen LogP contribution >= 0.6 is 11.6 Å². The number of piperidine rings is 1. The van der Waals surface area contributed by atoms with Crippen molar-refractivity contribution < 1.29 is 0 Å². The van der Waals surface area contributed by atoms with Gasteiger partial charge in [0.25, 0.3) is 0 Å². The first-order valence-corrected chi connectivity index (χ1v) is 6.99. The third-order valence-electron chi connectivity index (χ3n) is 3.53. The summed E-state index contributed by atoms with van der Waals surface area (Å²) >= 11 is 6.07. The lowest BCUT2D eigenvalue weighted by Gasteiger charge is -2.30. The second-order valence-corrected chi connectivity index (χ2v) is 5.33. The minimum Gasteiger partial charge on any atom is -0.369 e. The van der Waals surface area contributed by atoms with Gasteiger partial charge in [-0.15, -0.1) is 0 Å². The van der Waals surface area contributed by atoms with Gasteiger partial charge >= 0.3 is 0 Å². The molecule has 0 saturated carbocycles. The molecule has 6 heteroatoms. The van der Waals surface area contributed by atoms with Gasteiger partial charge in [-0.1, -0.05) is 11.6 Å². The van der Waals surface area contributed by atoms with Crippen molar-refractivity contribution in [2.45, 2.75) is 12.8 Å². The monoisotopic (exact) mass is 289 g/mol. The Morgan fingerprint density at radius 1 is 1.40 bits per heavy atom. The quantitative estimate of drug-likeness (QED) is 0.861. The van der Waals surface area contributed by atoms with Gasteiger partial charge in [-0.25, -0.2) is 4.98 Å². The Balaban J connectivity index is 1.82. The highest BCUT2D eigenvalue weighted by molar-refractivity contribution is 6.33. The van der Waals surface area contributed by atoms with Crippen LogP contribution in [0, 0.1) is 28.6 Å². The van der Waals surface area contributed by atoms with Crippen LogP contribution in [0.2, 0.25) is 5.02 Å². The van der Waals surface area contributed by atoms with Crippen LogP contribution in [0.25, 0.3) is 0 Å². The van der Waals surface area contributed by atoms with Crippen molar-refractivity contribution in [3.63, 3.8) is 0 Å². The molecule has 0 atom stereocenters. The molecular weight excluding hydrogens is 274 g/mol. The fraction of sp³-hybridized carbons (Fsp3) is 0.500. The maximum atomic E-state index is 8.76. The fourth-order valence-electron chi connectivity index (χ4n) is 2.32. The van der Waals surface area contributed by atoms with E-state index >= 15 is 0 Å². The molecule has 1 N–H and O–H groups in total. The summed E-state index contributed by atoms with van der Waals surface area (Å²) in [6, 6.07) is 5.81. The summed E-state index contributed by atoms with van der Waals surface area (Å²) in [5, 5.41) is 21.1. The molecule has 1 aliphatic heterocycles. The van der Waals surface area contributed by atoms with Gasteiger partial charge in [-0.3, -0.25) is 4.90 Å². The summed E-state index contributed by atoms with van der Waals surface area (Å²) in [5.74, 6) is 1.20. The number of rotatable bonds is 4. The van der Waals surface area contributed by atoms with Crippen LogP contribution in [0.4, 0.5) is 5.82 Å². The third-order valence-corrected chi connectivity index (χ3v) is 3.82. The number of nitrogens with one attached hydrogen (secondary N) is 1. The number of nitrogens with zero attached hydrogens (tertiary/aromatic N) is 4. The molecule has 2 rings (SSSR count). The normalized spacial score (nSPS) is 16.4. The van der Waals surface area contributed by atoms with E-state index in [9.17, 15) is 0 Å². The number of anilines is 1. The van der Waals surface area contributed by atoms with E-state index < -0.39 is 0 Å². The van der Waals surface area contributed by atoms with E-state index in [1.165, 1.54) is 6.20 Å². The van der Waals surface area contributed by atoms with E-state index in [-0.39, 0.29) is 0 Å². The molecule has 20 heavy (non-hydrogen) atoms.